The maximum absolute atomic E-state index is 13.0. The zero-order valence-electron chi connectivity index (χ0n) is 9.01. The number of benzene rings is 1. The maximum atomic E-state index is 13.0. The normalized spacial score (nSPS) is 10.6. The average Bonchev–Trinajstić information content (AvgIpc) is 2.74. The molecular formula is C11H8BrFN2O2S. The van der Waals surface area contributed by atoms with E-state index in [0.29, 0.717) is 15.3 Å². The number of rotatable bonds is 4. The number of hydrogen-bond donors (Lipinski definition) is 1. The third-order valence-corrected chi connectivity index (χ3v) is 3.69. The van der Waals surface area contributed by atoms with Crippen LogP contribution in [0.25, 0.3) is 5.69 Å². The van der Waals surface area contributed by atoms with Crippen molar-refractivity contribution in [2.24, 2.45) is 0 Å². The first-order chi connectivity index (χ1) is 8.58. The molecule has 1 aromatic carbocycles. The van der Waals surface area contributed by atoms with Crippen molar-refractivity contribution in [2.45, 2.75) is 5.16 Å². The van der Waals surface area contributed by atoms with Crippen LogP contribution in [0, 0.1) is 5.82 Å². The SMILES string of the molecule is O=C(O)CSc1nccn1-c1ccc(F)cc1Br. The number of imidazole rings is 1. The highest BCUT2D eigenvalue weighted by atomic mass is 79.9. The van der Waals surface area contributed by atoms with Crippen LogP contribution in [0.4, 0.5) is 4.39 Å². The van der Waals surface area contributed by atoms with Gasteiger partial charge in [0.05, 0.1) is 11.4 Å². The van der Waals surface area contributed by atoms with Gasteiger partial charge in [-0.25, -0.2) is 9.37 Å². The lowest BCUT2D eigenvalue weighted by molar-refractivity contribution is -0.133. The van der Waals surface area contributed by atoms with Crippen molar-refractivity contribution in [1.82, 2.24) is 9.55 Å². The number of halogens is 2. The highest BCUT2D eigenvalue weighted by Gasteiger charge is 2.10. The van der Waals surface area contributed by atoms with Crippen molar-refractivity contribution in [3.8, 4) is 5.69 Å². The number of hydrogen-bond acceptors (Lipinski definition) is 3. The van der Waals surface area contributed by atoms with E-state index in [4.69, 9.17) is 5.11 Å². The van der Waals surface area contributed by atoms with Crippen molar-refractivity contribution in [3.05, 3.63) is 40.9 Å². The molecule has 18 heavy (non-hydrogen) atoms. The molecule has 2 aromatic rings. The van der Waals surface area contributed by atoms with Gasteiger partial charge in [0.15, 0.2) is 5.16 Å². The van der Waals surface area contributed by atoms with Crippen LogP contribution >= 0.6 is 27.7 Å². The minimum atomic E-state index is -0.910. The van der Waals surface area contributed by atoms with Crippen molar-refractivity contribution >= 4 is 33.7 Å². The molecule has 0 saturated heterocycles. The van der Waals surface area contributed by atoms with Gasteiger partial charge in [-0.05, 0) is 34.1 Å². The van der Waals surface area contributed by atoms with Gasteiger partial charge in [-0.15, -0.1) is 0 Å². The second-order valence-electron chi connectivity index (χ2n) is 3.36. The predicted molar refractivity (Wildman–Crippen MR) is 69.6 cm³/mol. The van der Waals surface area contributed by atoms with Crippen LogP contribution in [0.3, 0.4) is 0 Å². The Morgan fingerprint density at radius 2 is 2.33 bits per heavy atom. The molecular weight excluding hydrogens is 323 g/mol. The van der Waals surface area contributed by atoms with Crippen LogP contribution in [0.2, 0.25) is 0 Å². The first-order valence-electron chi connectivity index (χ1n) is 4.91. The average molecular weight is 331 g/mol. The molecule has 1 aromatic heterocycles. The van der Waals surface area contributed by atoms with Gasteiger partial charge in [0.1, 0.15) is 5.82 Å². The van der Waals surface area contributed by atoms with E-state index in [1.165, 1.54) is 12.1 Å². The molecule has 0 amide bonds. The third-order valence-electron chi connectivity index (χ3n) is 2.10. The third kappa shape index (κ3) is 2.91. The van der Waals surface area contributed by atoms with E-state index >= 15 is 0 Å². The number of aromatic nitrogens is 2. The second-order valence-corrected chi connectivity index (χ2v) is 5.15. The number of nitrogens with zero attached hydrogens (tertiary/aromatic N) is 2. The predicted octanol–water partition coefficient (Wildman–Crippen LogP) is 2.95. The minimum absolute atomic E-state index is 0.0736. The summed E-state index contributed by atoms with van der Waals surface area (Å²) in [6, 6.07) is 4.29. The molecule has 4 nitrogen and oxygen atoms in total. The molecule has 0 aliphatic rings. The highest BCUT2D eigenvalue weighted by molar-refractivity contribution is 9.10. The number of carboxylic acids is 1. The van der Waals surface area contributed by atoms with E-state index < -0.39 is 5.97 Å². The summed E-state index contributed by atoms with van der Waals surface area (Å²) >= 11 is 4.38. The Morgan fingerprint density at radius 3 is 3.00 bits per heavy atom. The molecule has 0 bridgehead atoms. The fourth-order valence-corrected chi connectivity index (χ4v) is 2.61. The molecule has 7 heteroatoms. The summed E-state index contributed by atoms with van der Waals surface area (Å²) in [7, 11) is 0. The lowest BCUT2D eigenvalue weighted by Gasteiger charge is -2.08. The Balaban J connectivity index is 2.33. The molecule has 0 aliphatic heterocycles. The molecule has 0 unspecified atom stereocenters. The molecule has 0 spiro atoms. The zero-order valence-corrected chi connectivity index (χ0v) is 11.4. The molecule has 0 aliphatic carbocycles. The first-order valence-corrected chi connectivity index (χ1v) is 6.69. The molecule has 0 atom stereocenters. The molecule has 94 valence electrons. The fraction of sp³-hybridized carbons (Fsp3) is 0.0909. The zero-order chi connectivity index (χ0) is 13.1. The van der Waals surface area contributed by atoms with Gasteiger partial charge in [0.2, 0.25) is 0 Å². The Kier molecular flexibility index (Phi) is 4.03. The van der Waals surface area contributed by atoms with Crippen LogP contribution in [0.15, 0.2) is 40.2 Å². The first kappa shape index (κ1) is 13.1. The maximum Gasteiger partial charge on any atom is 0.313 e. The number of aliphatic carboxylic acids is 1. The Morgan fingerprint density at radius 1 is 1.56 bits per heavy atom. The standard InChI is InChI=1S/C11H8BrFN2O2S/c12-8-5-7(13)1-2-9(8)15-4-3-14-11(15)18-6-10(16)17/h1-5H,6H2,(H,16,17). The van der Waals surface area contributed by atoms with Crippen LogP contribution in [-0.2, 0) is 4.79 Å². The van der Waals surface area contributed by atoms with Crippen LogP contribution in [0.1, 0.15) is 0 Å². The van der Waals surface area contributed by atoms with Crippen molar-refractivity contribution in [3.63, 3.8) is 0 Å². The summed E-state index contributed by atoms with van der Waals surface area (Å²) in [6.07, 6.45) is 3.27. The van der Waals surface area contributed by atoms with Crippen molar-refractivity contribution < 1.29 is 14.3 Å². The summed E-state index contributed by atoms with van der Waals surface area (Å²) in [5, 5.41) is 9.19. The quantitative estimate of drug-likeness (QED) is 0.875. The molecule has 0 saturated carbocycles. The Labute approximate surface area is 115 Å². The van der Waals surface area contributed by atoms with Gasteiger partial charge in [-0.3, -0.25) is 9.36 Å². The molecule has 0 radical (unpaired) electrons. The van der Waals surface area contributed by atoms with E-state index in [-0.39, 0.29) is 11.6 Å². The number of carbonyl (C=O) groups is 1. The smallest absolute Gasteiger partial charge is 0.313 e. The van der Waals surface area contributed by atoms with Crippen LogP contribution < -0.4 is 0 Å². The van der Waals surface area contributed by atoms with Gasteiger partial charge in [0, 0.05) is 16.9 Å². The summed E-state index contributed by atoms with van der Waals surface area (Å²) in [5.41, 5.74) is 0.710. The van der Waals surface area contributed by atoms with E-state index in [9.17, 15) is 9.18 Å². The second kappa shape index (κ2) is 5.53. The van der Waals surface area contributed by atoms with Crippen LogP contribution in [-0.4, -0.2) is 26.4 Å². The monoisotopic (exact) mass is 330 g/mol. The summed E-state index contributed by atoms with van der Waals surface area (Å²) in [5.74, 6) is -1.33. The summed E-state index contributed by atoms with van der Waals surface area (Å²) in [6.45, 7) is 0. The fourth-order valence-electron chi connectivity index (χ4n) is 1.38. The molecule has 0 fully saturated rings. The lowest BCUT2D eigenvalue weighted by atomic mass is 10.3. The van der Waals surface area contributed by atoms with Gasteiger partial charge < -0.3 is 5.11 Å². The Hall–Kier alpha value is -1.34. The molecule has 2 rings (SSSR count). The van der Waals surface area contributed by atoms with Gasteiger partial charge in [-0.2, -0.15) is 0 Å². The largest absolute Gasteiger partial charge is 0.481 e. The minimum Gasteiger partial charge on any atom is -0.481 e. The van der Waals surface area contributed by atoms with Crippen LogP contribution in [0.5, 0.6) is 0 Å². The van der Waals surface area contributed by atoms with E-state index in [1.807, 2.05) is 0 Å². The number of carboxylic acid groups (broad SMARTS) is 1. The highest BCUT2D eigenvalue weighted by Crippen LogP contribution is 2.26. The topological polar surface area (TPSA) is 55.1 Å². The van der Waals surface area contributed by atoms with Gasteiger partial charge >= 0.3 is 5.97 Å². The summed E-state index contributed by atoms with van der Waals surface area (Å²) < 4.78 is 15.3. The van der Waals surface area contributed by atoms with E-state index in [0.717, 1.165) is 11.8 Å². The Bertz CT molecular complexity index is 588. The van der Waals surface area contributed by atoms with Crippen molar-refractivity contribution in [1.29, 1.82) is 0 Å². The molecule has 1 N–H and O–H groups in total. The van der Waals surface area contributed by atoms with E-state index in [2.05, 4.69) is 20.9 Å². The van der Waals surface area contributed by atoms with Gasteiger partial charge in [0.25, 0.3) is 0 Å². The number of thioether (sulfide) groups is 1. The van der Waals surface area contributed by atoms with E-state index in [1.54, 1.807) is 23.0 Å². The lowest BCUT2D eigenvalue weighted by Crippen LogP contribution is -2.02. The van der Waals surface area contributed by atoms with Crippen molar-refractivity contribution in [2.75, 3.05) is 5.75 Å². The van der Waals surface area contributed by atoms with Gasteiger partial charge in [-0.1, -0.05) is 11.8 Å². The molecule has 1 heterocycles. The summed E-state index contributed by atoms with van der Waals surface area (Å²) in [4.78, 5) is 14.6.